The number of hydrogen-bond acceptors (Lipinski definition) is 5. The third-order valence-electron chi connectivity index (χ3n) is 4.58. The van der Waals surface area contributed by atoms with E-state index in [1.54, 1.807) is 18.6 Å². The highest BCUT2D eigenvalue weighted by atomic mass is 15.2. The van der Waals surface area contributed by atoms with Crippen molar-refractivity contribution in [2.75, 3.05) is 5.32 Å². The lowest BCUT2D eigenvalue weighted by Crippen LogP contribution is -2.18. The van der Waals surface area contributed by atoms with E-state index in [4.69, 9.17) is 9.97 Å². The van der Waals surface area contributed by atoms with Gasteiger partial charge in [-0.1, -0.05) is 0 Å². The summed E-state index contributed by atoms with van der Waals surface area (Å²) in [6.07, 6.45) is 9.63. The third kappa shape index (κ3) is 2.11. The van der Waals surface area contributed by atoms with Gasteiger partial charge in [0.05, 0.1) is 22.7 Å². The second-order valence-corrected chi connectivity index (χ2v) is 6.54. The van der Waals surface area contributed by atoms with Crippen molar-refractivity contribution in [3.05, 3.63) is 49.1 Å². The molecule has 0 atom stereocenters. The fraction of sp³-hybridized carbons (Fsp3) is 0.222. The zero-order valence-electron chi connectivity index (χ0n) is 13.3. The Morgan fingerprint density at radius 1 is 1.08 bits per heavy atom. The van der Waals surface area contributed by atoms with Crippen molar-refractivity contribution < 1.29 is 0 Å². The molecular formula is C18H16N6. The molecule has 6 nitrogen and oxygen atoms in total. The molecule has 1 fully saturated rings. The van der Waals surface area contributed by atoms with Crippen LogP contribution in [0.1, 0.15) is 19.8 Å². The molecular weight excluding hydrogens is 300 g/mol. The number of anilines is 1. The minimum absolute atomic E-state index is 0.141. The average Bonchev–Trinajstić information content (AvgIpc) is 3.18. The van der Waals surface area contributed by atoms with E-state index in [1.807, 2.05) is 35.0 Å². The van der Waals surface area contributed by atoms with E-state index in [2.05, 4.69) is 22.2 Å². The van der Waals surface area contributed by atoms with Gasteiger partial charge in [0.1, 0.15) is 5.82 Å². The smallest absolute Gasteiger partial charge is 0.236 e. The lowest BCUT2D eigenvalue weighted by atomic mass is 10.2. The van der Waals surface area contributed by atoms with Crippen LogP contribution in [-0.2, 0) is 0 Å². The zero-order valence-corrected chi connectivity index (χ0v) is 13.3. The number of nitrogens with one attached hydrogen (secondary N) is 1. The van der Waals surface area contributed by atoms with Gasteiger partial charge in [-0.3, -0.25) is 14.5 Å². The van der Waals surface area contributed by atoms with Crippen LogP contribution in [0.3, 0.4) is 0 Å². The Bertz CT molecular complexity index is 1060. The molecule has 1 aliphatic carbocycles. The number of hydrogen-bond donors (Lipinski definition) is 1. The monoisotopic (exact) mass is 316 g/mol. The number of rotatable bonds is 3. The Kier molecular flexibility index (Phi) is 2.65. The van der Waals surface area contributed by atoms with Crippen molar-refractivity contribution in [1.29, 1.82) is 0 Å². The van der Waals surface area contributed by atoms with Gasteiger partial charge in [-0.25, -0.2) is 4.98 Å². The number of fused-ring (bicyclic) bond motifs is 2. The zero-order chi connectivity index (χ0) is 16.1. The Hall–Kier alpha value is -3.02. The summed E-state index contributed by atoms with van der Waals surface area (Å²) < 4.78 is 1.97. The molecule has 0 aliphatic heterocycles. The molecule has 0 amide bonds. The van der Waals surface area contributed by atoms with Crippen LogP contribution in [0, 0.1) is 0 Å². The van der Waals surface area contributed by atoms with Gasteiger partial charge in [0, 0.05) is 29.5 Å². The van der Waals surface area contributed by atoms with Gasteiger partial charge in [-0.15, -0.1) is 0 Å². The van der Waals surface area contributed by atoms with Crippen LogP contribution in [0.5, 0.6) is 0 Å². The summed E-state index contributed by atoms with van der Waals surface area (Å²) in [6, 6.07) is 7.88. The van der Waals surface area contributed by atoms with Crippen LogP contribution >= 0.6 is 0 Å². The fourth-order valence-electron chi connectivity index (χ4n) is 2.91. The molecule has 1 saturated carbocycles. The van der Waals surface area contributed by atoms with Gasteiger partial charge in [0.25, 0.3) is 0 Å². The van der Waals surface area contributed by atoms with E-state index in [-0.39, 0.29) is 5.54 Å². The first-order chi connectivity index (χ1) is 11.7. The van der Waals surface area contributed by atoms with E-state index in [0.717, 1.165) is 40.6 Å². The first kappa shape index (κ1) is 13.4. The molecule has 0 unspecified atom stereocenters. The molecule has 1 aliphatic rings. The molecule has 5 rings (SSSR count). The Labute approximate surface area is 138 Å². The van der Waals surface area contributed by atoms with Crippen molar-refractivity contribution in [3.8, 4) is 5.95 Å². The van der Waals surface area contributed by atoms with Crippen LogP contribution < -0.4 is 5.32 Å². The van der Waals surface area contributed by atoms with Crippen LogP contribution in [0.4, 0.5) is 5.82 Å². The summed E-state index contributed by atoms with van der Waals surface area (Å²) in [5.41, 5.74) is 2.89. The summed E-state index contributed by atoms with van der Waals surface area (Å²) in [4.78, 5) is 18.1. The second-order valence-electron chi connectivity index (χ2n) is 6.54. The summed E-state index contributed by atoms with van der Waals surface area (Å²) >= 11 is 0. The van der Waals surface area contributed by atoms with Crippen molar-refractivity contribution in [2.24, 2.45) is 0 Å². The van der Waals surface area contributed by atoms with Gasteiger partial charge < -0.3 is 5.32 Å². The van der Waals surface area contributed by atoms with E-state index in [1.165, 1.54) is 0 Å². The average molecular weight is 316 g/mol. The maximum Gasteiger partial charge on any atom is 0.236 e. The number of aromatic nitrogens is 5. The van der Waals surface area contributed by atoms with E-state index < -0.39 is 0 Å². The fourth-order valence-corrected chi connectivity index (χ4v) is 2.91. The van der Waals surface area contributed by atoms with Crippen molar-refractivity contribution in [3.63, 3.8) is 0 Å². The highest BCUT2D eigenvalue weighted by Crippen LogP contribution is 2.39. The Morgan fingerprint density at radius 2 is 2.00 bits per heavy atom. The molecule has 0 bridgehead atoms. The molecule has 0 aromatic carbocycles. The van der Waals surface area contributed by atoms with Gasteiger partial charge in [0.2, 0.25) is 5.95 Å². The number of nitrogens with zero attached hydrogens (tertiary/aromatic N) is 5. The summed E-state index contributed by atoms with van der Waals surface area (Å²) in [5.74, 6) is 1.49. The van der Waals surface area contributed by atoms with E-state index in [9.17, 15) is 0 Å². The molecule has 118 valence electrons. The summed E-state index contributed by atoms with van der Waals surface area (Å²) in [5, 5.41) is 4.57. The van der Waals surface area contributed by atoms with Crippen molar-refractivity contribution in [2.45, 2.75) is 25.3 Å². The molecule has 4 aromatic heterocycles. The first-order valence-electron chi connectivity index (χ1n) is 8.04. The van der Waals surface area contributed by atoms with Gasteiger partial charge in [0.15, 0.2) is 0 Å². The predicted molar refractivity (Wildman–Crippen MR) is 93.2 cm³/mol. The minimum atomic E-state index is 0.141. The van der Waals surface area contributed by atoms with E-state index in [0.29, 0.717) is 5.95 Å². The molecule has 1 N–H and O–H groups in total. The normalized spacial score (nSPS) is 15.7. The van der Waals surface area contributed by atoms with Crippen LogP contribution in [0.2, 0.25) is 0 Å². The highest BCUT2D eigenvalue weighted by Gasteiger charge is 2.38. The largest absolute Gasteiger partial charge is 0.364 e. The number of pyridine rings is 2. The summed E-state index contributed by atoms with van der Waals surface area (Å²) in [7, 11) is 0. The quantitative estimate of drug-likeness (QED) is 0.628. The topological polar surface area (TPSA) is 68.5 Å². The minimum Gasteiger partial charge on any atom is -0.364 e. The van der Waals surface area contributed by atoms with Crippen LogP contribution in [-0.4, -0.2) is 30.0 Å². The summed E-state index contributed by atoms with van der Waals surface area (Å²) in [6.45, 7) is 2.22. The molecule has 24 heavy (non-hydrogen) atoms. The molecule has 0 saturated heterocycles. The third-order valence-corrected chi connectivity index (χ3v) is 4.58. The lowest BCUT2D eigenvalue weighted by molar-refractivity contribution is 0.819. The second kappa shape index (κ2) is 4.74. The Morgan fingerprint density at radius 3 is 2.88 bits per heavy atom. The van der Waals surface area contributed by atoms with Gasteiger partial charge in [-0.2, -0.15) is 4.98 Å². The molecule has 0 spiro atoms. The standard InChI is InChI=1S/C18H16N6/c1-18(6-7-18)23-16-12-4-9-19-11-14(12)21-17(22-16)24-10-5-13-15(24)3-2-8-20-13/h2-5,8-11H,6-7H2,1H3,(H,21,22,23). The SMILES string of the molecule is CC1(Nc2nc(-n3ccc4ncccc43)nc3cnccc23)CC1. The molecule has 6 heteroatoms. The van der Waals surface area contributed by atoms with Gasteiger partial charge in [-0.05, 0) is 44.0 Å². The predicted octanol–water partition coefficient (Wildman–Crippen LogP) is 3.33. The van der Waals surface area contributed by atoms with Crippen molar-refractivity contribution in [1.82, 2.24) is 24.5 Å². The molecule has 4 heterocycles. The lowest BCUT2D eigenvalue weighted by Gasteiger charge is -2.15. The molecule has 4 aromatic rings. The highest BCUT2D eigenvalue weighted by molar-refractivity contribution is 5.89. The maximum atomic E-state index is 4.80. The first-order valence-corrected chi connectivity index (χ1v) is 8.04. The molecule has 0 radical (unpaired) electrons. The van der Waals surface area contributed by atoms with E-state index >= 15 is 0 Å². The Balaban J connectivity index is 1.74. The van der Waals surface area contributed by atoms with Crippen molar-refractivity contribution >= 4 is 27.8 Å². The van der Waals surface area contributed by atoms with Crippen LogP contribution in [0.15, 0.2) is 49.1 Å². The van der Waals surface area contributed by atoms with Gasteiger partial charge >= 0.3 is 0 Å². The maximum absolute atomic E-state index is 4.80. The van der Waals surface area contributed by atoms with Crippen LogP contribution in [0.25, 0.3) is 27.9 Å².